The minimum Gasteiger partial charge on any atom is -0.493 e. The third-order valence-electron chi connectivity index (χ3n) is 2.85. The summed E-state index contributed by atoms with van der Waals surface area (Å²) >= 11 is 1.34. The zero-order valence-electron chi connectivity index (χ0n) is 12.7. The van der Waals surface area contributed by atoms with Crippen LogP contribution in [0.4, 0.5) is 0 Å². The first-order valence-electron chi connectivity index (χ1n) is 6.80. The molecule has 1 aromatic carbocycles. The molecule has 1 aromatic heterocycles. The van der Waals surface area contributed by atoms with E-state index in [4.69, 9.17) is 9.47 Å². The Labute approximate surface area is 128 Å². The lowest BCUT2D eigenvalue weighted by atomic mass is 10.2. The predicted molar refractivity (Wildman–Crippen MR) is 84.0 cm³/mol. The van der Waals surface area contributed by atoms with Crippen LogP contribution in [0.2, 0.25) is 0 Å². The first-order valence-corrected chi connectivity index (χ1v) is 7.62. The molecule has 0 fully saturated rings. The fourth-order valence-corrected chi connectivity index (χ4v) is 2.75. The summed E-state index contributed by atoms with van der Waals surface area (Å²) in [4.78, 5) is 16.6. The van der Waals surface area contributed by atoms with Gasteiger partial charge in [0.1, 0.15) is 15.6 Å². The molecule has 21 heavy (non-hydrogen) atoms. The van der Waals surface area contributed by atoms with Crippen LogP contribution >= 0.6 is 11.3 Å². The molecule has 2 rings (SSSR count). The summed E-state index contributed by atoms with van der Waals surface area (Å²) < 4.78 is 10.4. The second-order valence-electron chi connectivity index (χ2n) is 5.15. The molecule has 0 radical (unpaired) electrons. The van der Waals surface area contributed by atoms with Gasteiger partial charge in [0.2, 0.25) is 0 Å². The minimum absolute atomic E-state index is 0.340. The number of carbonyl (C=O) groups is 1. The van der Waals surface area contributed by atoms with Crippen molar-refractivity contribution in [2.24, 2.45) is 5.92 Å². The second-order valence-corrected chi connectivity index (χ2v) is 6.15. The maximum absolute atomic E-state index is 11.6. The Morgan fingerprint density at radius 2 is 1.95 bits per heavy atom. The van der Waals surface area contributed by atoms with Crippen molar-refractivity contribution in [2.75, 3.05) is 13.7 Å². The summed E-state index contributed by atoms with van der Waals surface area (Å²) in [6, 6.07) is 7.75. The number of aromatic nitrogens is 1. The van der Waals surface area contributed by atoms with Crippen LogP contribution in [-0.2, 0) is 4.74 Å². The van der Waals surface area contributed by atoms with Crippen molar-refractivity contribution in [3.63, 3.8) is 0 Å². The standard InChI is InChI=1S/C16H19NO3S/c1-10(2)9-20-13-7-5-12(6-8-13)15-17-11(3)14(21-15)16(18)19-4/h5-8,10H,9H2,1-4H3. The average molecular weight is 305 g/mol. The first kappa shape index (κ1) is 15.5. The lowest BCUT2D eigenvalue weighted by Gasteiger charge is -2.08. The molecule has 0 aliphatic carbocycles. The van der Waals surface area contributed by atoms with Gasteiger partial charge in [0, 0.05) is 5.56 Å². The first-order chi connectivity index (χ1) is 10.0. The minimum atomic E-state index is -0.340. The molecule has 0 aliphatic rings. The van der Waals surface area contributed by atoms with E-state index in [-0.39, 0.29) is 5.97 Å². The second kappa shape index (κ2) is 6.72. The van der Waals surface area contributed by atoms with E-state index in [1.54, 1.807) is 0 Å². The molecular weight excluding hydrogens is 286 g/mol. The molecule has 0 saturated carbocycles. The number of hydrogen-bond acceptors (Lipinski definition) is 5. The van der Waals surface area contributed by atoms with Crippen LogP contribution in [0, 0.1) is 12.8 Å². The van der Waals surface area contributed by atoms with Gasteiger partial charge in [0.15, 0.2) is 0 Å². The Morgan fingerprint density at radius 1 is 1.29 bits per heavy atom. The number of nitrogens with zero attached hydrogens (tertiary/aromatic N) is 1. The van der Waals surface area contributed by atoms with Crippen molar-refractivity contribution < 1.29 is 14.3 Å². The molecule has 2 aromatic rings. The third-order valence-corrected chi connectivity index (χ3v) is 4.04. The molecule has 0 bridgehead atoms. The van der Waals surface area contributed by atoms with E-state index in [0.29, 0.717) is 23.1 Å². The summed E-state index contributed by atoms with van der Waals surface area (Å²) in [5, 5.41) is 0.809. The predicted octanol–water partition coefficient (Wildman–Crippen LogP) is 3.94. The molecule has 0 spiro atoms. The van der Waals surface area contributed by atoms with Gasteiger partial charge in [-0.15, -0.1) is 11.3 Å². The van der Waals surface area contributed by atoms with Crippen molar-refractivity contribution in [1.29, 1.82) is 0 Å². The number of carbonyl (C=O) groups excluding carboxylic acids is 1. The van der Waals surface area contributed by atoms with Crippen LogP contribution in [0.5, 0.6) is 5.75 Å². The van der Waals surface area contributed by atoms with Crippen molar-refractivity contribution in [3.8, 4) is 16.3 Å². The van der Waals surface area contributed by atoms with Gasteiger partial charge in [0.05, 0.1) is 19.4 Å². The molecule has 0 atom stereocenters. The highest BCUT2D eigenvalue weighted by molar-refractivity contribution is 7.17. The zero-order chi connectivity index (χ0) is 15.4. The van der Waals surface area contributed by atoms with E-state index in [9.17, 15) is 4.79 Å². The van der Waals surface area contributed by atoms with Gasteiger partial charge in [-0.25, -0.2) is 9.78 Å². The van der Waals surface area contributed by atoms with E-state index >= 15 is 0 Å². The number of thiazole rings is 1. The number of rotatable bonds is 5. The van der Waals surface area contributed by atoms with E-state index in [1.165, 1.54) is 18.4 Å². The number of hydrogen-bond donors (Lipinski definition) is 0. The maximum Gasteiger partial charge on any atom is 0.349 e. The number of benzene rings is 1. The molecule has 112 valence electrons. The Morgan fingerprint density at radius 3 is 2.52 bits per heavy atom. The number of ether oxygens (including phenoxy) is 2. The lowest BCUT2D eigenvalue weighted by Crippen LogP contribution is -2.04. The fraction of sp³-hybridized carbons (Fsp3) is 0.375. The van der Waals surface area contributed by atoms with Crippen LogP contribution in [0.25, 0.3) is 10.6 Å². The van der Waals surface area contributed by atoms with E-state index in [0.717, 1.165) is 16.3 Å². The highest BCUT2D eigenvalue weighted by Gasteiger charge is 2.16. The normalized spacial score (nSPS) is 10.7. The van der Waals surface area contributed by atoms with Gasteiger partial charge >= 0.3 is 5.97 Å². The Balaban J connectivity index is 2.17. The molecule has 0 saturated heterocycles. The smallest absolute Gasteiger partial charge is 0.349 e. The average Bonchev–Trinajstić information content (AvgIpc) is 2.87. The monoisotopic (exact) mass is 305 g/mol. The van der Waals surface area contributed by atoms with Gasteiger partial charge in [-0.05, 0) is 37.1 Å². The molecular formula is C16H19NO3S. The highest BCUT2D eigenvalue weighted by atomic mass is 32.1. The number of esters is 1. The molecule has 0 N–H and O–H groups in total. The van der Waals surface area contributed by atoms with E-state index in [1.807, 2.05) is 31.2 Å². The van der Waals surface area contributed by atoms with Crippen LogP contribution in [0.3, 0.4) is 0 Å². The molecule has 0 unspecified atom stereocenters. The zero-order valence-corrected chi connectivity index (χ0v) is 13.5. The summed E-state index contributed by atoms with van der Waals surface area (Å²) in [7, 11) is 1.38. The Bertz CT molecular complexity index is 617. The van der Waals surface area contributed by atoms with E-state index < -0.39 is 0 Å². The van der Waals surface area contributed by atoms with Crippen molar-refractivity contribution >= 4 is 17.3 Å². The molecule has 0 amide bonds. The highest BCUT2D eigenvalue weighted by Crippen LogP contribution is 2.29. The molecule has 5 heteroatoms. The number of aryl methyl sites for hydroxylation is 1. The quantitative estimate of drug-likeness (QED) is 0.785. The molecule has 4 nitrogen and oxygen atoms in total. The van der Waals surface area contributed by atoms with Gasteiger partial charge in [-0.3, -0.25) is 0 Å². The van der Waals surface area contributed by atoms with Gasteiger partial charge in [-0.1, -0.05) is 13.8 Å². The lowest BCUT2D eigenvalue weighted by molar-refractivity contribution is 0.0605. The van der Waals surface area contributed by atoms with Crippen LogP contribution in [-0.4, -0.2) is 24.7 Å². The Hall–Kier alpha value is -1.88. The summed E-state index contributed by atoms with van der Waals surface area (Å²) in [6.45, 7) is 6.73. The van der Waals surface area contributed by atoms with Gasteiger partial charge in [0.25, 0.3) is 0 Å². The van der Waals surface area contributed by atoms with E-state index in [2.05, 4.69) is 18.8 Å². The molecule has 0 aliphatic heterocycles. The maximum atomic E-state index is 11.6. The van der Waals surface area contributed by atoms with Crippen LogP contribution in [0.1, 0.15) is 29.2 Å². The third kappa shape index (κ3) is 3.82. The Kier molecular flexibility index (Phi) is 4.96. The topological polar surface area (TPSA) is 48.4 Å². The van der Waals surface area contributed by atoms with Crippen molar-refractivity contribution in [1.82, 2.24) is 4.98 Å². The summed E-state index contributed by atoms with van der Waals surface area (Å²) in [6.07, 6.45) is 0. The molecule has 1 heterocycles. The summed E-state index contributed by atoms with van der Waals surface area (Å²) in [5.74, 6) is 0.996. The largest absolute Gasteiger partial charge is 0.493 e. The summed E-state index contributed by atoms with van der Waals surface area (Å²) in [5.41, 5.74) is 1.66. The SMILES string of the molecule is COC(=O)c1sc(-c2ccc(OCC(C)C)cc2)nc1C. The van der Waals surface area contributed by atoms with Gasteiger partial charge < -0.3 is 9.47 Å². The van der Waals surface area contributed by atoms with Crippen LogP contribution in [0.15, 0.2) is 24.3 Å². The fourth-order valence-electron chi connectivity index (χ4n) is 1.76. The van der Waals surface area contributed by atoms with Crippen molar-refractivity contribution in [3.05, 3.63) is 34.8 Å². The number of methoxy groups -OCH3 is 1. The van der Waals surface area contributed by atoms with Crippen LogP contribution < -0.4 is 4.74 Å². The van der Waals surface area contributed by atoms with Gasteiger partial charge in [-0.2, -0.15) is 0 Å². The van der Waals surface area contributed by atoms with Crippen molar-refractivity contribution in [2.45, 2.75) is 20.8 Å².